The maximum absolute atomic E-state index is 14.2. The summed E-state index contributed by atoms with van der Waals surface area (Å²) < 4.78 is 53.5. The molecule has 0 fully saturated rings. The Balaban J connectivity index is 1.48. The Morgan fingerprint density at radius 3 is 2.45 bits per heavy atom. The molecule has 0 aliphatic carbocycles. The fourth-order valence-electron chi connectivity index (χ4n) is 5.19. The third-order valence-corrected chi connectivity index (χ3v) is 9.95. The molecule has 5 rings (SSSR count). The summed E-state index contributed by atoms with van der Waals surface area (Å²) in [5.41, 5.74) is 5.90. The number of aliphatic hydroxyl groups excluding tert-OH is 1. The molecule has 1 amide bonds. The van der Waals surface area contributed by atoms with Crippen LogP contribution in [0.25, 0.3) is 0 Å². The number of carbonyl (C=O) groups excluding carboxylic acids is 1. The Bertz CT molecular complexity index is 1790. The highest BCUT2D eigenvalue weighted by molar-refractivity contribution is 9.10. The molecule has 1 heterocycles. The molecule has 9 nitrogen and oxygen atoms in total. The van der Waals surface area contributed by atoms with Crippen molar-refractivity contribution in [2.24, 2.45) is 4.99 Å². The zero-order chi connectivity index (χ0) is 33.3. The summed E-state index contributed by atoms with van der Waals surface area (Å²) in [6.07, 6.45) is -0.232. The summed E-state index contributed by atoms with van der Waals surface area (Å²) in [4.78, 5) is 19.3. The van der Waals surface area contributed by atoms with Crippen LogP contribution in [0.3, 0.4) is 0 Å². The predicted octanol–water partition coefficient (Wildman–Crippen LogP) is 5.33. The monoisotopic (exact) mass is 723 g/mol. The average Bonchev–Trinajstić information content (AvgIpc) is 3.48. The molecular formula is C35H35BrFN3O6S. The van der Waals surface area contributed by atoms with E-state index < -0.39 is 27.4 Å². The molecule has 246 valence electrons. The third kappa shape index (κ3) is 8.63. The first-order valence-electron chi connectivity index (χ1n) is 15.1. The molecule has 0 bridgehead atoms. The van der Waals surface area contributed by atoms with Gasteiger partial charge in [-0.1, -0.05) is 58.4 Å². The molecule has 0 unspecified atom stereocenters. The fraction of sp³-hybridized carbons (Fsp3) is 0.257. The Hall–Kier alpha value is -4.10. The van der Waals surface area contributed by atoms with E-state index in [4.69, 9.17) is 19.6 Å². The van der Waals surface area contributed by atoms with Gasteiger partial charge in [-0.3, -0.25) is 10.2 Å². The number of halogens is 2. The van der Waals surface area contributed by atoms with Gasteiger partial charge in [0.25, 0.3) is 5.91 Å². The van der Waals surface area contributed by atoms with E-state index in [9.17, 15) is 17.6 Å². The number of amides is 1. The van der Waals surface area contributed by atoms with Crippen LogP contribution in [0.5, 0.6) is 5.75 Å². The van der Waals surface area contributed by atoms with Crippen molar-refractivity contribution in [3.63, 3.8) is 0 Å². The number of aliphatic hydroxyl groups is 1. The molecule has 0 aromatic heterocycles. The highest BCUT2D eigenvalue weighted by Gasteiger charge is 2.53. The first-order valence-corrected chi connectivity index (χ1v) is 17.6. The van der Waals surface area contributed by atoms with Crippen LogP contribution in [0, 0.1) is 5.82 Å². The minimum absolute atomic E-state index is 0.0178. The van der Waals surface area contributed by atoms with E-state index in [0.29, 0.717) is 36.3 Å². The topological polar surface area (TPSA) is 126 Å². The minimum atomic E-state index is -3.80. The zero-order valence-corrected chi connectivity index (χ0v) is 27.8. The Labute approximate surface area is 281 Å². The number of nitrogens with one attached hydrogen (secondary N) is 2. The first-order chi connectivity index (χ1) is 22.7. The molecule has 0 saturated heterocycles. The van der Waals surface area contributed by atoms with Crippen LogP contribution in [0.15, 0.2) is 117 Å². The molecule has 0 radical (unpaired) electrons. The highest BCUT2D eigenvalue weighted by atomic mass is 79.9. The lowest BCUT2D eigenvalue weighted by Gasteiger charge is -2.30. The minimum Gasteiger partial charge on any atom is -0.494 e. The smallest absolute Gasteiger partial charge is 0.266 e. The molecule has 4 aromatic carbocycles. The lowest BCUT2D eigenvalue weighted by molar-refractivity contribution is -0.130. The van der Waals surface area contributed by atoms with E-state index in [2.05, 4.69) is 26.8 Å². The molecule has 12 heteroatoms. The standard InChI is InChI=1S/C35H35BrFN3O6S/c36-28-14-10-26(11-15-28)32-35(19-23-47(43,44)31-8-2-1-3-9-31,34(42)40-38-20-18-25-6-4-7-29(37)24-25)39-33(46-32)27-12-16-30(17-13-27)45-22-5-21-41/h1-4,6-17,24,32,38,41H,5,18-23H2,(H,40,42)/t32-,35-/m0/s1. The molecule has 1 aliphatic rings. The van der Waals surface area contributed by atoms with Gasteiger partial charge in [-0.2, -0.15) is 0 Å². The number of aliphatic imine (C=N–C) groups is 1. The van der Waals surface area contributed by atoms with Crippen LogP contribution in [-0.4, -0.2) is 56.4 Å². The second-order valence-corrected chi connectivity index (χ2v) is 14.0. The van der Waals surface area contributed by atoms with Crippen molar-refractivity contribution in [3.05, 3.63) is 130 Å². The molecule has 0 spiro atoms. The number of hydrogen-bond donors (Lipinski definition) is 3. The molecule has 47 heavy (non-hydrogen) atoms. The van der Waals surface area contributed by atoms with Crippen LogP contribution in [-0.2, 0) is 25.8 Å². The normalized spacial score (nSPS) is 17.5. The number of hydrazine groups is 1. The van der Waals surface area contributed by atoms with Crippen molar-refractivity contribution in [1.29, 1.82) is 0 Å². The average molecular weight is 725 g/mol. The van der Waals surface area contributed by atoms with Gasteiger partial charge in [0.1, 0.15) is 11.6 Å². The Kier molecular flexibility index (Phi) is 11.4. The van der Waals surface area contributed by atoms with Crippen LogP contribution >= 0.6 is 15.9 Å². The number of rotatable bonds is 15. The van der Waals surface area contributed by atoms with Gasteiger partial charge >= 0.3 is 0 Å². The molecule has 4 aromatic rings. The van der Waals surface area contributed by atoms with Gasteiger partial charge in [0.15, 0.2) is 21.5 Å². The Morgan fingerprint density at radius 2 is 1.74 bits per heavy atom. The van der Waals surface area contributed by atoms with Crippen molar-refractivity contribution in [3.8, 4) is 5.75 Å². The number of benzene rings is 4. The number of nitrogens with zero attached hydrogens (tertiary/aromatic N) is 1. The van der Waals surface area contributed by atoms with Gasteiger partial charge in [0.05, 0.1) is 17.3 Å². The third-order valence-electron chi connectivity index (χ3n) is 7.69. The van der Waals surface area contributed by atoms with E-state index in [1.54, 1.807) is 66.7 Å². The Morgan fingerprint density at radius 1 is 1.00 bits per heavy atom. The van der Waals surface area contributed by atoms with Gasteiger partial charge in [0.2, 0.25) is 5.90 Å². The largest absolute Gasteiger partial charge is 0.494 e. The number of carbonyl (C=O) groups is 1. The second-order valence-electron chi connectivity index (χ2n) is 11.0. The van der Waals surface area contributed by atoms with Crippen LogP contribution < -0.4 is 15.6 Å². The summed E-state index contributed by atoms with van der Waals surface area (Å²) >= 11 is 3.45. The summed E-state index contributed by atoms with van der Waals surface area (Å²) in [5, 5.41) is 9.05. The van der Waals surface area contributed by atoms with Gasteiger partial charge in [-0.05, 0) is 78.2 Å². The van der Waals surface area contributed by atoms with Crippen LogP contribution in [0.2, 0.25) is 0 Å². The van der Waals surface area contributed by atoms with E-state index in [1.807, 2.05) is 12.1 Å². The van der Waals surface area contributed by atoms with E-state index in [-0.39, 0.29) is 41.9 Å². The van der Waals surface area contributed by atoms with Crippen molar-refractivity contribution in [2.45, 2.75) is 35.8 Å². The maximum Gasteiger partial charge on any atom is 0.266 e. The summed E-state index contributed by atoms with van der Waals surface area (Å²) in [6, 6.07) is 28.5. The van der Waals surface area contributed by atoms with Gasteiger partial charge in [-0.15, -0.1) is 0 Å². The molecule has 2 atom stereocenters. The predicted molar refractivity (Wildman–Crippen MR) is 180 cm³/mol. The quantitative estimate of drug-likeness (QED) is 0.112. The van der Waals surface area contributed by atoms with Crippen molar-refractivity contribution in [2.75, 3.05) is 25.5 Å². The fourth-order valence-corrected chi connectivity index (χ4v) is 6.85. The van der Waals surface area contributed by atoms with E-state index >= 15 is 0 Å². The van der Waals surface area contributed by atoms with E-state index in [1.165, 1.54) is 24.3 Å². The van der Waals surface area contributed by atoms with Crippen molar-refractivity contribution < 1.29 is 32.2 Å². The SMILES string of the molecule is O=C(NNCCc1cccc(F)c1)[C@@]1(CCS(=O)(=O)c2ccccc2)N=C(c2ccc(OCCCO)cc2)O[C@H]1c1ccc(Br)cc1. The van der Waals surface area contributed by atoms with Crippen molar-refractivity contribution >= 4 is 37.6 Å². The molecule has 1 aliphatic heterocycles. The first kappa shape index (κ1) is 34.2. The van der Waals surface area contributed by atoms with Crippen LogP contribution in [0.4, 0.5) is 4.39 Å². The van der Waals surface area contributed by atoms with E-state index in [0.717, 1.165) is 10.0 Å². The summed E-state index contributed by atoms with van der Waals surface area (Å²) in [7, 11) is -3.80. The number of ether oxygens (including phenoxy) is 2. The lowest BCUT2D eigenvalue weighted by Crippen LogP contribution is -2.53. The zero-order valence-electron chi connectivity index (χ0n) is 25.4. The molecular weight excluding hydrogens is 689 g/mol. The molecule has 3 N–H and O–H groups in total. The maximum atomic E-state index is 14.2. The second kappa shape index (κ2) is 15.7. The number of hydrogen-bond acceptors (Lipinski definition) is 8. The van der Waals surface area contributed by atoms with Crippen LogP contribution in [0.1, 0.15) is 35.6 Å². The number of sulfone groups is 1. The summed E-state index contributed by atoms with van der Waals surface area (Å²) in [6.45, 7) is 0.653. The van der Waals surface area contributed by atoms with Gasteiger partial charge in [-0.25, -0.2) is 23.2 Å². The van der Waals surface area contributed by atoms with Gasteiger partial charge in [0, 0.05) is 36.0 Å². The summed E-state index contributed by atoms with van der Waals surface area (Å²) in [5.74, 6) is -0.542. The van der Waals surface area contributed by atoms with Crippen molar-refractivity contribution in [1.82, 2.24) is 10.9 Å². The highest BCUT2D eigenvalue weighted by Crippen LogP contribution is 2.43. The van der Waals surface area contributed by atoms with Gasteiger partial charge < -0.3 is 14.6 Å². The molecule has 0 saturated carbocycles. The lowest BCUT2D eigenvalue weighted by atomic mass is 9.85.